The fraction of sp³-hybridized carbons (Fsp3) is 0. The average Bonchev–Trinajstić information content (AvgIpc) is 2.92. The first-order chi connectivity index (χ1) is 10.2. The molecule has 0 radical (unpaired) electrons. The maximum absolute atomic E-state index is 5.95. The Morgan fingerprint density at radius 2 is 1.57 bits per heavy atom. The summed E-state index contributed by atoms with van der Waals surface area (Å²) in [4.78, 5) is 4.55. The highest BCUT2D eigenvalue weighted by atomic mass is 16.3. The minimum Gasteiger partial charge on any atom is -0.435 e. The molecule has 0 fully saturated rings. The predicted octanol–water partition coefficient (Wildman–Crippen LogP) is 3.81. The minimum absolute atomic E-state index is 0.592. The van der Waals surface area contributed by atoms with Gasteiger partial charge in [0, 0.05) is 22.3 Å². The van der Waals surface area contributed by atoms with Gasteiger partial charge in [-0.15, -0.1) is 0 Å². The number of benzene rings is 3. The van der Waals surface area contributed by atoms with Crippen LogP contribution in [0.4, 0.5) is 11.4 Å². The highest BCUT2D eigenvalue weighted by Crippen LogP contribution is 2.31. The molecule has 3 aromatic carbocycles. The molecule has 0 aliphatic rings. The van der Waals surface area contributed by atoms with Crippen LogP contribution in [0.3, 0.4) is 0 Å². The maximum atomic E-state index is 5.95. The number of hydrogen-bond donors (Lipinski definition) is 2. The molecule has 0 atom stereocenters. The number of oxazole rings is 1. The molecule has 4 nitrogen and oxygen atoms in total. The van der Waals surface area contributed by atoms with Gasteiger partial charge in [0.2, 0.25) is 5.89 Å². The molecule has 102 valence electrons. The van der Waals surface area contributed by atoms with Crippen molar-refractivity contribution < 1.29 is 4.42 Å². The molecule has 4 rings (SSSR count). The molecule has 0 aliphatic carbocycles. The van der Waals surface area contributed by atoms with Gasteiger partial charge in [0.1, 0.15) is 5.52 Å². The number of aromatic nitrogens is 1. The number of hydrogen-bond acceptors (Lipinski definition) is 4. The molecule has 21 heavy (non-hydrogen) atoms. The third-order valence-electron chi connectivity index (χ3n) is 3.55. The van der Waals surface area contributed by atoms with E-state index in [0.29, 0.717) is 5.89 Å². The van der Waals surface area contributed by atoms with Crippen LogP contribution in [-0.2, 0) is 0 Å². The molecule has 0 saturated heterocycles. The van der Waals surface area contributed by atoms with Gasteiger partial charge in [0.15, 0.2) is 5.58 Å². The van der Waals surface area contributed by atoms with E-state index in [0.717, 1.165) is 38.8 Å². The first kappa shape index (κ1) is 11.8. The van der Waals surface area contributed by atoms with Crippen molar-refractivity contribution in [3.05, 3.63) is 54.6 Å². The molecule has 0 unspecified atom stereocenters. The van der Waals surface area contributed by atoms with E-state index in [1.54, 1.807) is 0 Å². The van der Waals surface area contributed by atoms with Gasteiger partial charge in [0.25, 0.3) is 0 Å². The zero-order valence-electron chi connectivity index (χ0n) is 11.2. The van der Waals surface area contributed by atoms with Crippen molar-refractivity contribution >= 4 is 33.2 Å². The van der Waals surface area contributed by atoms with E-state index in [4.69, 9.17) is 15.9 Å². The molecule has 4 heteroatoms. The number of nitrogen functional groups attached to an aromatic ring is 2. The molecule has 0 bridgehead atoms. The third-order valence-corrected chi connectivity index (χ3v) is 3.55. The summed E-state index contributed by atoms with van der Waals surface area (Å²) < 4.78 is 5.95. The molecule has 0 saturated carbocycles. The predicted molar refractivity (Wildman–Crippen MR) is 85.8 cm³/mol. The van der Waals surface area contributed by atoms with Crippen LogP contribution >= 0.6 is 0 Å². The first-order valence-electron chi connectivity index (χ1n) is 6.65. The lowest BCUT2D eigenvalue weighted by atomic mass is 10.1. The lowest BCUT2D eigenvalue weighted by Crippen LogP contribution is -1.83. The third kappa shape index (κ3) is 1.89. The van der Waals surface area contributed by atoms with E-state index in [-0.39, 0.29) is 0 Å². The van der Waals surface area contributed by atoms with Gasteiger partial charge in [-0.25, -0.2) is 4.98 Å². The number of fused-ring (bicyclic) bond motifs is 3. The minimum atomic E-state index is 0.592. The summed E-state index contributed by atoms with van der Waals surface area (Å²) in [5.74, 6) is 0.592. The van der Waals surface area contributed by atoms with Gasteiger partial charge >= 0.3 is 0 Å². The Hall–Kier alpha value is -3.01. The highest BCUT2D eigenvalue weighted by Gasteiger charge is 2.11. The summed E-state index contributed by atoms with van der Waals surface area (Å²) in [7, 11) is 0. The van der Waals surface area contributed by atoms with Crippen molar-refractivity contribution in [1.82, 2.24) is 4.98 Å². The van der Waals surface area contributed by atoms with Crippen LogP contribution in [0.5, 0.6) is 0 Å². The van der Waals surface area contributed by atoms with Crippen molar-refractivity contribution in [2.75, 3.05) is 11.5 Å². The second kappa shape index (κ2) is 4.24. The van der Waals surface area contributed by atoms with E-state index in [1.807, 2.05) is 54.6 Å². The number of anilines is 2. The summed E-state index contributed by atoms with van der Waals surface area (Å²) in [6, 6.07) is 17.2. The fourth-order valence-electron chi connectivity index (χ4n) is 2.48. The van der Waals surface area contributed by atoms with E-state index >= 15 is 0 Å². The number of nitrogens with two attached hydrogens (primary N) is 2. The molecule has 1 heterocycles. The second-order valence-electron chi connectivity index (χ2n) is 5.04. The SMILES string of the molecule is Nc1ccc(-c2nc3ccc4cc(N)ccc4c3o2)cc1. The van der Waals surface area contributed by atoms with Gasteiger partial charge in [-0.1, -0.05) is 6.07 Å². The Morgan fingerprint density at radius 3 is 2.38 bits per heavy atom. The average molecular weight is 275 g/mol. The van der Waals surface area contributed by atoms with Gasteiger partial charge in [-0.3, -0.25) is 0 Å². The zero-order chi connectivity index (χ0) is 14.4. The summed E-state index contributed by atoms with van der Waals surface area (Å²) in [5, 5.41) is 2.05. The Labute approximate surface area is 121 Å². The zero-order valence-corrected chi connectivity index (χ0v) is 11.2. The van der Waals surface area contributed by atoms with Crippen LogP contribution in [0, 0.1) is 0 Å². The maximum Gasteiger partial charge on any atom is 0.227 e. The molecule has 0 spiro atoms. The van der Waals surface area contributed by atoms with Crippen LogP contribution in [0.25, 0.3) is 33.3 Å². The largest absolute Gasteiger partial charge is 0.435 e. The summed E-state index contributed by atoms with van der Waals surface area (Å²) in [6.45, 7) is 0. The molecular weight excluding hydrogens is 262 g/mol. The Morgan fingerprint density at radius 1 is 0.810 bits per heavy atom. The molecule has 4 N–H and O–H groups in total. The molecular formula is C17H13N3O. The summed E-state index contributed by atoms with van der Waals surface area (Å²) >= 11 is 0. The monoisotopic (exact) mass is 275 g/mol. The van der Waals surface area contributed by atoms with E-state index in [1.165, 1.54) is 0 Å². The van der Waals surface area contributed by atoms with Crippen molar-refractivity contribution in [2.45, 2.75) is 0 Å². The molecule has 0 aliphatic heterocycles. The summed E-state index contributed by atoms with van der Waals surface area (Å²) in [5.41, 5.74) is 15.5. The first-order valence-corrected chi connectivity index (χ1v) is 6.65. The lowest BCUT2D eigenvalue weighted by molar-refractivity contribution is 0.623. The smallest absolute Gasteiger partial charge is 0.227 e. The van der Waals surface area contributed by atoms with Gasteiger partial charge in [-0.2, -0.15) is 0 Å². The van der Waals surface area contributed by atoms with Gasteiger partial charge in [0.05, 0.1) is 0 Å². The molecule has 1 aromatic heterocycles. The molecule has 0 amide bonds. The number of rotatable bonds is 1. The topological polar surface area (TPSA) is 78.1 Å². The van der Waals surface area contributed by atoms with Crippen molar-refractivity contribution in [1.29, 1.82) is 0 Å². The van der Waals surface area contributed by atoms with Crippen LogP contribution in [0.1, 0.15) is 0 Å². The van der Waals surface area contributed by atoms with Crippen LogP contribution < -0.4 is 11.5 Å². The quantitative estimate of drug-likeness (QED) is 0.518. The number of nitrogens with zero attached hydrogens (tertiary/aromatic N) is 1. The van der Waals surface area contributed by atoms with Crippen molar-refractivity contribution in [2.24, 2.45) is 0 Å². The Balaban J connectivity index is 1.97. The second-order valence-corrected chi connectivity index (χ2v) is 5.04. The fourth-order valence-corrected chi connectivity index (χ4v) is 2.48. The standard InChI is InChI=1S/C17H13N3O/c18-12-4-1-10(2-5-12)17-20-15-8-3-11-9-13(19)6-7-14(11)16(15)21-17/h1-9H,18-19H2. The molecule has 4 aromatic rings. The highest BCUT2D eigenvalue weighted by molar-refractivity contribution is 6.04. The lowest BCUT2D eigenvalue weighted by Gasteiger charge is -1.99. The summed E-state index contributed by atoms with van der Waals surface area (Å²) in [6.07, 6.45) is 0. The van der Waals surface area contributed by atoms with Crippen molar-refractivity contribution in [3.8, 4) is 11.5 Å². The van der Waals surface area contributed by atoms with Gasteiger partial charge < -0.3 is 15.9 Å². The van der Waals surface area contributed by atoms with Crippen LogP contribution in [0.2, 0.25) is 0 Å². The van der Waals surface area contributed by atoms with E-state index in [9.17, 15) is 0 Å². The van der Waals surface area contributed by atoms with Crippen LogP contribution in [0.15, 0.2) is 59.0 Å². The Kier molecular flexibility index (Phi) is 2.38. The van der Waals surface area contributed by atoms with E-state index < -0.39 is 0 Å². The normalized spacial score (nSPS) is 11.2. The Bertz CT molecular complexity index is 955. The van der Waals surface area contributed by atoms with Crippen molar-refractivity contribution in [3.63, 3.8) is 0 Å². The van der Waals surface area contributed by atoms with Gasteiger partial charge in [-0.05, 0) is 53.9 Å². The van der Waals surface area contributed by atoms with Crippen LogP contribution in [-0.4, -0.2) is 4.98 Å². The van der Waals surface area contributed by atoms with E-state index in [2.05, 4.69) is 4.98 Å².